The van der Waals surface area contributed by atoms with Crippen LogP contribution in [-0.4, -0.2) is 20.2 Å². The van der Waals surface area contributed by atoms with Gasteiger partial charge in [-0.3, -0.25) is 0 Å². The lowest BCUT2D eigenvalue weighted by molar-refractivity contribution is 0.0382. The van der Waals surface area contributed by atoms with Gasteiger partial charge >= 0.3 is 5.97 Å². The highest BCUT2D eigenvalue weighted by Crippen LogP contribution is 2.45. The third kappa shape index (κ3) is 2.60. The van der Waals surface area contributed by atoms with Crippen molar-refractivity contribution in [2.75, 3.05) is 14.2 Å². The summed E-state index contributed by atoms with van der Waals surface area (Å²) >= 11 is 0. The van der Waals surface area contributed by atoms with Crippen molar-refractivity contribution in [3.63, 3.8) is 0 Å². The van der Waals surface area contributed by atoms with Crippen molar-refractivity contribution in [1.29, 1.82) is 0 Å². The molecule has 3 aromatic rings. The zero-order valence-corrected chi connectivity index (χ0v) is 14.6. The first-order chi connectivity index (χ1) is 12.7. The molecule has 0 amide bonds. The second-order valence-electron chi connectivity index (χ2n) is 6.03. The Kier molecular flexibility index (Phi) is 4.09. The van der Waals surface area contributed by atoms with E-state index in [2.05, 4.69) is 12.1 Å². The molecule has 0 bridgehead atoms. The predicted octanol–water partition coefficient (Wildman–Crippen LogP) is 4.63. The molecular weight excluding hydrogens is 328 g/mol. The molecule has 3 aromatic carbocycles. The van der Waals surface area contributed by atoms with Crippen LogP contribution in [0, 0.1) is 0 Å². The minimum Gasteiger partial charge on any atom is -0.497 e. The van der Waals surface area contributed by atoms with Gasteiger partial charge in [0.05, 0.1) is 14.2 Å². The van der Waals surface area contributed by atoms with Gasteiger partial charge in [0.1, 0.15) is 17.1 Å². The maximum atomic E-state index is 12.9. The van der Waals surface area contributed by atoms with E-state index in [1.807, 2.05) is 36.4 Å². The van der Waals surface area contributed by atoms with Crippen molar-refractivity contribution in [3.8, 4) is 22.6 Å². The number of rotatable bonds is 4. The lowest BCUT2D eigenvalue weighted by atomic mass is 10.1. The molecule has 0 fully saturated rings. The first kappa shape index (κ1) is 16.2. The number of ether oxygens (including phenoxy) is 3. The third-order valence-electron chi connectivity index (χ3n) is 4.63. The average molecular weight is 346 g/mol. The van der Waals surface area contributed by atoms with E-state index in [1.54, 1.807) is 25.3 Å². The topological polar surface area (TPSA) is 44.8 Å². The Labute approximate surface area is 152 Å². The Morgan fingerprint density at radius 1 is 0.808 bits per heavy atom. The van der Waals surface area contributed by atoms with Gasteiger partial charge in [-0.25, -0.2) is 4.79 Å². The van der Waals surface area contributed by atoms with Gasteiger partial charge in [0.15, 0.2) is 6.10 Å². The van der Waals surface area contributed by atoms with E-state index in [1.165, 1.54) is 7.11 Å². The summed E-state index contributed by atoms with van der Waals surface area (Å²) in [5.74, 6) is 0.616. The third-order valence-corrected chi connectivity index (χ3v) is 4.63. The molecule has 130 valence electrons. The zero-order valence-electron chi connectivity index (χ0n) is 14.6. The fourth-order valence-corrected chi connectivity index (χ4v) is 3.37. The number of carbonyl (C=O) groups excluding carboxylic acids is 1. The van der Waals surface area contributed by atoms with Crippen molar-refractivity contribution in [3.05, 3.63) is 83.4 Å². The standard InChI is InChI=1S/C22H18O4/c1-24-14-11-12-19(20(13-14)25-2)22(23)26-21-17-9-5-3-7-15(17)16-8-4-6-10-18(16)21/h3-13,21H,1-2H3. The van der Waals surface area contributed by atoms with Crippen LogP contribution in [0.15, 0.2) is 66.7 Å². The van der Waals surface area contributed by atoms with Crippen LogP contribution >= 0.6 is 0 Å². The minimum absolute atomic E-state index is 0.371. The molecule has 26 heavy (non-hydrogen) atoms. The highest BCUT2D eigenvalue weighted by atomic mass is 16.5. The molecule has 0 aliphatic heterocycles. The summed E-state index contributed by atoms with van der Waals surface area (Å²) in [6.07, 6.45) is -0.429. The highest BCUT2D eigenvalue weighted by Gasteiger charge is 2.31. The van der Waals surface area contributed by atoms with Crippen molar-refractivity contribution >= 4 is 5.97 Å². The van der Waals surface area contributed by atoms with Crippen LogP contribution in [0.25, 0.3) is 11.1 Å². The van der Waals surface area contributed by atoms with Crippen LogP contribution in [0.3, 0.4) is 0 Å². The van der Waals surface area contributed by atoms with E-state index in [9.17, 15) is 4.79 Å². The van der Waals surface area contributed by atoms with Gasteiger partial charge in [0.25, 0.3) is 0 Å². The molecule has 1 aliphatic rings. The molecule has 0 aromatic heterocycles. The summed E-state index contributed by atoms with van der Waals surface area (Å²) in [6, 6.07) is 21.1. The number of carbonyl (C=O) groups is 1. The summed E-state index contributed by atoms with van der Waals surface area (Å²) in [5, 5.41) is 0. The fraction of sp³-hybridized carbons (Fsp3) is 0.136. The number of hydrogen-bond donors (Lipinski definition) is 0. The summed E-state index contributed by atoms with van der Waals surface area (Å²) < 4.78 is 16.4. The van der Waals surface area contributed by atoms with Gasteiger partial charge in [0.2, 0.25) is 0 Å². The molecule has 0 saturated heterocycles. The maximum Gasteiger partial charge on any atom is 0.342 e. The summed E-state index contributed by atoms with van der Waals surface area (Å²) in [4.78, 5) is 12.9. The molecule has 0 atom stereocenters. The van der Waals surface area contributed by atoms with Crippen LogP contribution < -0.4 is 9.47 Å². The van der Waals surface area contributed by atoms with Crippen LogP contribution in [0.1, 0.15) is 27.6 Å². The normalized spacial score (nSPS) is 12.2. The Balaban J connectivity index is 1.71. The number of hydrogen-bond acceptors (Lipinski definition) is 4. The Morgan fingerprint density at radius 3 is 2.00 bits per heavy atom. The molecular formula is C22H18O4. The van der Waals surface area contributed by atoms with Crippen LogP contribution in [-0.2, 0) is 4.74 Å². The molecule has 4 rings (SSSR count). The van der Waals surface area contributed by atoms with Crippen LogP contribution in [0.2, 0.25) is 0 Å². The lowest BCUT2D eigenvalue weighted by Gasteiger charge is -2.16. The Bertz CT molecular complexity index is 932. The summed E-state index contributed by atoms with van der Waals surface area (Å²) in [6.45, 7) is 0. The number of fused-ring (bicyclic) bond motifs is 3. The molecule has 0 radical (unpaired) electrons. The van der Waals surface area contributed by atoms with Crippen molar-refractivity contribution in [2.45, 2.75) is 6.10 Å². The van der Waals surface area contributed by atoms with E-state index in [0.717, 1.165) is 22.3 Å². The zero-order chi connectivity index (χ0) is 18.1. The number of benzene rings is 3. The van der Waals surface area contributed by atoms with Gasteiger partial charge < -0.3 is 14.2 Å². The molecule has 4 heteroatoms. The largest absolute Gasteiger partial charge is 0.497 e. The maximum absolute atomic E-state index is 12.9. The number of methoxy groups -OCH3 is 2. The smallest absolute Gasteiger partial charge is 0.342 e. The van der Waals surface area contributed by atoms with E-state index < -0.39 is 12.1 Å². The molecule has 1 aliphatic carbocycles. The van der Waals surface area contributed by atoms with Gasteiger partial charge in [-0.05, 0) is 23.3 Å². The lowest BCUT2D eigenvalue weighted by Crippen LogP contribution is -2.12. The molecule has 0 spiro atoms. The van der Waals surface area contributed by atoms with E-state index in [4.69, 9.17) is 14.2 Å². The second kappa shape index (κ2) is 6.56. The first-order valence-corrected chi connectivity index (χ1v) is 8.34. The van der Waals surface area contributed by atoms with Gasteiger partial charge in [-0.15, -0.1) is 0 Å². The Hall–Kier alpha value is -3.27. The molecule has 0 heterocycles. The van der Waals surface area contributed by atoms with E-state index >= 15 is 0 Å². The molecule has 0 saturated carbocycles. The van der Waals surface area contributed by atoms with Gasteiger partial charge in [-0.2, -0.15) is 0 Å². The molecule has 0 N–H and O–H groups in total. The molecule has 0 unspecified atom stereocenters. The molecule has 4 nitrogen and oxygen atoms in total. The summed E-state index contributed by atoms with van der Waals surface area (Å²) in [5.41, 5.74) is 4.56. The van der Waals surface area contributed by atoms with Crippen molar-refractivity contribution in [2.24, 2.45) is 0 Å². The summed E-state index contributed by atoms with van der Waals surface area (Å²) in [7, 11) is 3.09. The highest BCUT2D eigenvalue weighted by molar-refractivity contribution is 5.93. The monoisotopic (exact) mass is 346 g/mol. The number of esters is 1. The fourth-order valence-electron chi connectivity index (χ4n) is 3.37. The van der Waals surface area contributed by atoms with Gasteiger partial charge in [0, 0.05) is 17.2 Å². The van der Waals surface area contributed by atoms with E-state index in [0.29, 0.717) is 17.1 Å². The Morgan fingerprint density at radius 2 is 1.42 bits per heavy atom. The van der Waals surface area contributed by atoms with E-state index in [-0.39, 0.29) is 0 Å². The van der Waals surface area contributed by atoms with Crippen LogP contribution in [0.4, 0.5) is 0 Å². The van der Waals surface area contributed by atoms with Crippen LogP contribution in [0.5, 0.6) is 11.5 Å². The van der Waals surface area contributed by atoms with Crippen molar-refractivity contribution < 1.29 is 19.0 Å². The first-order valence-electron chi connectivity index (χ1n) is 8.34. The SMILES string of the molecule is COc1ccc(C(=O)OC2c3ccccc3-c3ccccc32)c(OC)c1. The second-order valence-corrected chi connectivity index (χ2v) is 6.03. The van der Waals surface area contributed by atoms with Crippen molar-refractivity contribution in [1.82, 2.24) is 0 Å². The predicted molar refractivity (Wildman–Crippen MR) is 98.7 cm³/mol. The average Bonchev–Trinajstić information content (AvgIpc) is 3.01. The minimum atomic E-state index is -0.430. The van der Waals surface area contributed by atoms with Gasteiger partial charge in [-0.1, -0.05) is 48.5 Å². The quantitative estimate of drug-likeness (QED) is 0.646.